The maximum atomic E-state index is 12.7. The number of amides is 1. The van der Waals surface area contributed by atoms with Crippen molar-refractivity contribution in [3.05, 3.63) is 71.1 Å². The minimum absolute atomic E-state index is 0.173. The van der Waals surface area contributed by atoms with E-state index >= 15 is 0 Å². The summed E-state index contributed by atoms with van der Waals surface area (Å²) in [5.41, 5.74) is 3.89. The Balaban J connectivity index is 1.62. The first kappa shape index (κ1) is 16.4. The number of aromatic amines is 1. The highest BCUT2D eigenvalue weighted by molar-refractivity contribution is 6.30. The first-order valence-corrected chi connectivity index (χ1v) is 8.47. The lowest BCUT2D eigenvalue weighted by atomic mass is 10.1. The van der Waals surface area contributed by atoms with Crippen LogP contribution in [0, 0.1) is 0 Å². The molecule has 0 radical (unpaired) electrons. The Morgan fingerprint density at radius 3 is 2.77 bits per heavy atom. The number of para-hydroxylation sites is 1. The van der Waals surface area contributed by atoms with Crippen LogP contribution < -0.4 is 5.32 Å². The number of aryl methyl sites for hydroxylation is 1. The van der Waals surface area contributed by atoms with Crippen LogP contribution >= 0.6 is 11.6 Å². The summed E-state index contributed by atoms with van der Waals surface area (Å²) in [5.74, 6) is -0.173. The largest absolute Gasteiger partial charge is 0.348 e. The van der Waals surface area contributed by atoms with E-state index in [4.69, 9.17) is 11.6 Å². The zero-order chi connectivity index (χ0) is 18.1. The maximum absolute atomic E-state index is 12.7. The molecule has 0 spiro atoms. The van der Waals surface area contributed by atoms with Gasteiger partial charge in [0.25, 0.3) is 5.91 Å². The summed E-state index contributed by atoms with van der Waals surface area (Å²) in [6.07, 6.45) is 3.49. The van der Waals surface area contributed by atoms with Gasteiger partial charge in [-0.05, 0) is 23.8 Å². The minimum Gasteiger partial charge on any atom is -0.348 e. The van der Waals surface area contributed by atoms with Crippen molar-refractivity contribution in [1.82, 2.24) is 25.1 Å². The van der Waals surface area contributed by atoms with E-state index < -0.39 is 0 Å². The standard InChI is InChI=1S/C19H16ClN5O/c1-25-11-21-10-16(25)18-14-3-2-4-15(17(14)23-24-18)19(26)22-9-12-5-7-13(20)8-6-12/h2-8,10-11H,9H2,1H3,(H,22,26)(H,23,24). The highest BCUT2D eigenvalue weighted by Crippen LogP contribution is 2.27. The van der Waals surface area contributed by atoms with Crippen LogP contribution in [-0.4, -0.2) is 25.7 Å². The van der Waals surface area contributed by atoms with Crippen molar-refractivity contribution in [2.75, 3.05) is 0 Å². The summed E-state index contributed by atoms with van der Waals surface area (Å²) >= 11 is 5.89. The molecule has 6 nitrogen and oxygen atoms in total. The van der Waals surface area contributed by atoms with Crippen LogP contribution in [0.2, 0.25) is 5.02 Å². The molecular weight excluding hydrogens is 350 g/mol. The molecule has 4 rings (SSSR count). The van der Waals surface area contributed by atoms with Crippen LogP contribution in [0.4, 0.5) is 0 Å². The molecule has 0 bridgehead atoms. The molecule has 130 valence electrons. The average Bonchev–Trinajstić information content (AvgIpc) is 3.26. The predicted molar refractivity (Wildman–Crippen MR) is 101 cm³/mol. The lowest BCUT2D eigenvalue weighted by Gasteiger charge is -2.06. The Hall–Kier alpha value is -3.12. The van der Waals surface area contributed by atoms with E-state index in [1.54, 1.807) is 30.7 Å². The summed E-state index contributed by atoms with van der Waals surface area (Å²) in [5, 5.41) is 11.9. The second kappa shape index (κ2) is 6.65. The van der Waals surface area contributed by atoms with Crippen LogP contribution in [-0.2, 0) is 13.6 Å². The third-order valence-corrected chi connectivity index (χ3v) is 4.52. The van der Waals surface area contributed by atoms with Gasteiger partial charge < -0.3 is 9.88 Å². The second-order valence-corrected chi connectivity index (χ2v) is 6.44. The Bertz CT molecular complexity index is 1080. The Kier molecular flexibility index (Phi) is 4.18. The third-order valence-electron chi connectivity index (χ3n) is 4.27. The fourth-order valence-corrected chi connectivity index (χ4v) is 3.02. The number of rotatable bonds is 4. The number of hydrogen-bond donors (Lipinski definition) is 2. The van der Waals surface area contributed by atoms with Crippen LogP contribution in [0.1, 0.15) is 15.9 Å². The number of nitrogens with zero attached hydrogens (tertiary/aromatic N) is 3. The van der Waals surface area contributed by atoms with Gasteiger partial charge >= 0.3 is 0 Å². The van der Waals surface area contributed by atoms with E-state index in [1.807, 2.05) is 35.9 Å². The third kappa shape index (κ3) is 2.95. The molecule has 0 unspecified atom stereocenters. The van der Waals surface area contributed by atoms with Gasteiger partial charge in [-0.3, -0.25) is 9.89 Å². The van der Waals surface area contributed by atoms with E-state index in [-0.39, 0.29) is 5.91 Å². The molecule has 1 amide bonds. The molecule has 0 fully saturated rings. The molecule has 0 saturated heterocycles. The summed E-state index contributed by atoms with van der Waals surface area (Å²) in [4.78, 5) is 16.8. The smallest absolute Gasteiger partial charge is 0.253 e. The number of H-pyrrole nitrogens is 1. The number of carbonyl (C=O) groups excluding carboxylic acids is 1. The number of benzene rings is 2. The molecule has 2 aromatic carbocycles. The summed E-state index contributed by atoms with van der Waals surface area (Å²) in [7, 11) is 1.91. The van der Waals surface area contributed by atoms with Gasteiger partial charge in [-0.15, -0.1) is 0 Å². The Morgan fingerprint density at radius 1 is 1.23 bits per heavy atom. The molecule has 0 aliphatic heterocycles. The first-order chi connectivity index (χ1) is 12.6. The number of imidazole rings is 1. The van der Waals surface area contributed by atoms with Crippen LogP contribution in [0.25, 0.3) is 22.3 Å². The SMILES string of the molecule is Cn1cncc1-c1[nH]nc2c(C(=O)NCc3ccc(Cl)cc3)cccc12. The van der Waals surface area contributed by atoms with Gasteiger partial charge in [-0.1, -0.05) is 35.9 Å². The molecule has 26 heavy (non-hydrogen) atoms. The van der Waals surface area contributed by atoms with Crippen molar-refractivity contribution < 1.29 is 4.79 Å². The number of hydrogen-bond acceptors (Lipinski definition) is 3. The summed E-state index contributed by atoms with van der Waals surface area (Å²) in [6.45, 7) is 0.422. The summed E-state index contributed by atoms with van der Waals surface area (Å²) < 4.78 is 1.90. The molecule has 4 aromatic rings. The van der Waals surface area contributed by atoms with Gasteiger partial charge in [0.15, 0.2) is 0 Å². The van der Waals surface area contributed by atoms with Crippen LogP contribution in [0.5, 0.6) is 0 Å². The second-order valence-electron chi connectivity index (χ2n) is 6.00. The monoisotopic (exact) mass is 365 g/mol. The van der Waals surface area contributed by atoms with Gasteiger partial charge in [0, 0.05) is 24.0 Å². The van der Waals surface area contributed by atoms with Crippen molar-refractivity contribution in [2.45, 2.75) is 6.54 Å². The molecule has 2 aromatic heterocycles. The number of nitrogens with one attached hydrogen (secondary N) is 2. The van der Waals surface area contributed by atoms with Crippen LogP contribution in [0.15, 0.2) is 55.0 Å². The van der Waals surface area contributed by atoms with Crippen molar-refractivity contribution in [3.8, 4) is 11.4 Å². The Morgan fingerprint density at radius 2 is 2.04 bits per heavy atom. The highest BCUT2D eigenvalue weighted by Gasteiger charge is 2.16. The highest BCUT2D eigenvalue weighted by atomic mass is 35.5. The molecular formula is C19H16ClN5O. The van der Waals surface area contributed by atoms with Crippen molar-refractivity contribution in [3.63, 3.8) is 0 Å². The van der Waals surface area contributed by atoms with E-state index in [9.17, 15) is 4.79 Å². The molecule has 2 N–H and O–H groups in total. The van der Waals surface area contributed by atoms with E-state index in [2.05, 4.69) is 20.5 Å². The summed E-state index contributed by atoms with van der Waals surface area (Å²) in [6, 6.07) is 12.9. The number of fused-ring (bicyclic) bond motifs is 1. The van der Waals surface area contributed by atoms with Gasteiger partial charge in [-0.25, -0.2) is 4.98 Å². The predicted octanol–water partition coefficient (Wildman–Crippen LogP) is 3.55. The van der Waals surface area contributed by atoms with Crippen molar-refractivity contribution >= 4 is 28.4 Å². The van der Waals surface area contributed by atoms with Gasteiger partial charge in [0.1, 0.15) is 5.52 Å². The quantitative estimate of drug-likeness (QED) is 0.580. The topological polar surface area (TPSA) is 75.6 Å². The lowest BCUT2D eigenvalue weighted by molar-refractivity contribution is 0.0952. The van der Waals surface area contributed by atoms with Crippen LogP contribution in [0.3, 0.4) is 0 Å². The normalized spacial score (nSPS) is 11.0. The zero-order valence-corrected chi connectivity index (χ0v) is 14.8. The van der Waals surface area contributed by atoms with Gasteiger partial charge in [0.2, 0.25) is 0 Å². The lowest BCUT2D eigenvalue weighted by Crippen LogP contribution is -2.23. The molecule has 7 heteroatoms. The van der Waals surface area contributed by atoms with Gasteiger partial charge in [-0.2, -0.15) is 5.10 Å². The van der Waals surface area contributed by atoms with Crippen molar-refractivity contribution in [1.29, 1.82) is 0 Å². The van der Waals surface area contributed by atoms with E-state index in [1.165, 1.54) is 0 Å². The molecule has 0 atom stereocenters. The van der Waals surface area contributed by atoms with Gasteiger partial charge in [0.05, 0.1) is 29.5 Å². The zero-order valence-electron chi connectivity index (χ0n) is 14.0. The minimum atomic E-state index is -0.173. The van der Waals surface area contributed by atoms with E-state index in [0.717, 1.165) is 22.3 Å². The number of halogens is 1. The Labute approximate surface area is 154 Å². The number of aromatic nitrogens is 4. The fraction of sp³-hybridized carbons (Fsp3) is 0.105. The molecule has 0 saturated carbocycles. The first-order valence-electron chi connectivity index (χ1n) is 8.10. The van der Waals surface area contributed by atoms with E-state index in [0.29, 0.717) is 22.6 Å². The average molecular weight is 366 g/mol. The number of carbonyl (C=O) groups is 1. The molecule has 0 aliphatic carbocycles. The van der Waals surface area contributed by atoms with Crippen molar-refractivity contribution in [2.24, 2.45) is 7.05 Å². The fourth-order valence-electron chi connectivity index (χ4n) is 2.89. The molecule has 0 aliphatic rings. The maximum Gasteiger partial charge on any atom is 0.253 e. The molecule has 2 heterocycles.